The zero-order valence-electron chi connectivity index (χ0n) is 16.0. The largest absolute Gasteiger partial charge is 0.452 e. The minimum absolute atomic E-state index is 0.121. The molecule has 1 aliphatic heterocycles. The highest BCUT2D eigenvalue weighted by Gasteiger charge is 2.19. The molecule has 1 saturated heterocycles. The molecule has 0 saturated carbocycles. The lowest BCUT2D eigenvalue weighted by molar-refractivity contribution is -0.134. The number of ether oxygens (including phenoxy) is 1. The average Bonchev–Trinajstić information content (AvgIpc) is 3.02. The van der Waals surface area contributed by atoms with E-state index < -0.39 is 16.0 Å². The van der Waals surface area contributed by atoms with E-state index >= 15 is 0 Å². The third kappa shape index (κ3) is 5.80. The first kappa shape index (κ1) is 20.9. The molecule has 7 nitrogen and oxygen atoms in total. The lowest BCUT2D eigenvalue weighted by Crippen LogP contribution is -2.35. The maximum Gasteiger partial charge on any atom is 0.338 e. The number of nitrogens with one attached hydrogen (secondary N) is 1. The molecule has 0 bridgehead atoms. The van der Waals surface area contributed by atoms with Crippen LogP contribution >= 0.6 is 0 Å². The average molecular weight is 416 g/mol. The molecule has 0 atom stereocenters. The van der Waals surface area contributed by atoms with Crippen molar-refractivity contribution in [3.05, 3.63) is 60.2 Å². The molecule has 1 heterocycles. The fourth-order valence-corrected chi connectivity index (χ4v) is 4.22. The van der Waals surface area contributed by atoms with Crippen molar-refractivity contribution in [2.45, 2.75) is 30.6 Å². The molecule has 1 fully saturated rings. The van der Waals surface area contributed by atoms with Crippen LogP contribution in [0.1, 0.15) is 36.0 Å². The number of carbonyl (C=O) groups excluding carboxylic acids is 2. The van der Waals surface area contributed by atoms with Gasteiger partial charge in [0.15, 0.2) is 6.61 Å². The number of esters is 1. The van der Waals surface area contributed by atoms with Crippen LogP contribution in [0.25, 0.3) is 0 Å². The number of benzene rings is 2. The van der Waals surface area contributed by atoms with E-state index in [0.717, 1.165) is 25.7 Å². The zero-order chi connectivity index (χ0) is 20.7. The zero-order valence-corrected chi connectivity index (χ0v) is 16.9. The van der Waals surface area contributed by atoms with E-state index in [-0.39, 0.29) is 28.7 Å². The second-order valence-electron chi connectivity index (χ2n) is 6.87. The molecule has 0 radical (unpaired) electrons. The number of hydrogen-bond acceptors (Lipinski definition) is 5. The van der Waals surface area contributed by atoms with Gasteiger partial charge >= 0.3 is 5.97 Å². The standard InChI is InChI=1S/C21H24N2O5S/c24-20(23-13-6-1-2-7-14-23)16-28-21(25)17-9-8-10-18(15-17)22-29(26,27)19-11-4-3-5-12-19/h3-5,8-12,15,22H,1-2,6-7,13-14,16H2. The van der Waals surface area contributed by atoms with Crippen LogP contribution in [-0.4, -0.2) is 44.9 Å². The highest BCUT2D eigenvalue weighted by Crippen LogP contribution is 2.18. The van der Waals surface area contributed by atoms with Crippen molar-refractivity contribution in [2.75, 3.05) is 24.4 Å². The van der Waals surface area contributed by atoms with E-state index in [4.69, 9.17) is 4.74 Å². The number of sulfonamides is 1. The molecular weight excluding hydrogens is 392 g/mol. The lowest BCUT2D eigenvalue weighted by Gasteiger charge is -2.20. The van der Waals surface area contributed by atoms with Crippen LogP contribution in [0.2, 0.25) is 0 Å². The Labute approximate surface area is 170 Å². The van der Waals surface area contributed by atoms with Crippen molar-refractivity contribution in [3.8, 4) is 0 Å². The minimum Gasteiger partial charge on any atom is -0.452 e. The van der Waals surface area contributed by atoms with Crippen LogP contribution < -0.4 is 4.72 Å². The maximum absolute atomic E-state index is 12.4. The number of nitrogens with zero attached hydrogens (tertiary/aromatic N) is 1. The summed E-state index contributed by atoms with van der Waals surface area (Å²) in [6.07, 6.45) is 4.14. The van der Waals surface area contributed by atoms with Crippen LogP contribution in [-0.2, 0) is 19.6 Å². The second kappa shape index (κ2) is 9.56. The molecule has 0 aromatic heterocycles. The van der Waals surface area contributed by atoms with E-state index in [1.807, 2.05) is 0 Å². The smallest absolute Gasteiger partial charge is 0.338 e. The third-order valence-corrected chi connectivity index (χ3v) is 6.09. The Morgan fingerprint density at radius 2 is 1.62 bits per heavy atom. The molecule has 0 spiro atoms. The number of hydrogen-bond donors (Lipinski definition) is 1. The van der Waals surface area contributed by atoms with Gasteiger partial charge in [-0.05, 0) is 43.2 Å². The molecule has 1 N–H and O–H groups in total. The van der Waals surface area contributed by atoms with Gasteiger partial charge in [0.05, 0.1) is 10.5 Å². The Balaban J connectivity index is 1.61. The summed E-state index contributed by atoms with van der Waals surface area (Å²) in [5.41, 5.74) is 0.407. The van der Waals surface area contributed by atoms with Crippen LogP contribution in [0.4, 0.5) is 5.69 Å². The van der Waals surface area contributed by atoms with Crippen molar-refractivity contribution in [3.63, 3.8) is 0 Å². The molecule has 1 amide bonds. The van der Waals surface area contributed by atoms with Gasteiger partial charge in [0, 0.05) is 18.8 Å². The van der Waals surface area contributed by atoms with E-state index in [9.17, 15) is 18.0 Å². The summed E-state index contributed by atoms with van der Waals surface area (Å²) < 4.78 is 32.4. The molecule has 1 aliphatic rings. The van der Waals surface area contributed by atoms with Crippen LogP contribution in [0.15, 0.2) is 59.5 Å². The maximum atomic E-state index is 12.4. The fourth-order valence-electron chi connectivity index (χ4n) is 3.15. The van der Waals surface area contributed by atoms with E-state index in [1.54, 1.807) is 35.2 Å². The van der Waals surface area contributed by atoms with E-state index in [0.29, 0.717) is 13.1 Å². The summed E-state index contributed by atoms with van der Waals surface area (Å²) in [7, 11) is -3.76. The highest BCUT2D eigenvalue weighted by molar-refractivity contribution is 7.92. The Kier molecular flexibility index (Phi) is 6.87. The molecule has 3 rings (SSSR count). The molecule has 154 valence electrons. The topological polar surface area (TPSA) is 92.8 Å². The summed E-state index contributed by atoms with van der Waals surface area (Å²) in [5.74, 6) is -0.880. The molecular formula is C21H24N2O5S. The monoisotopic (exact) mass is 416 g/mol. The Morgan fingerprint density at radius 3 is 2.31 bits per heavy atom. The molecule has 0 unspecified atom stereocenters. The van der Waals surface area contributed by atoms with Crippen molar-refractivity contribution in [1.29, 1.82) is 0 Å². The Bertz CT molecular complexity index is 952. The molecule has 2 aromatic carbocycles. The molecule has 29 heavy (non-hydrogen) atoms. The molecule has 2 aromatic rings. The van der Waals surface area contributed by atoms with Gasteiger partial charge in [0.25, 0.3) is 15.9 Å². The van der Waals surface area contributed by atoms with Gasteiger partial charge in [-0.3, -0.25) is 9.52 Å². The van der Waals surface area contributed by atoms with Gasteiger partial charge in [-0.1, -0.05) is 37.1 Å². The van der Waals surface area contributed by atoms with Gasteiger partial charge in [-0.2, -0.15) is 0 Å². The quantitative estimate of drug-likeness (QED) is 0.731. The number of anilines is 1. The Hall–Kier alpha value is -2.87. The minimum atomic E-state index is -3.76. The number of amides is 1. The predicted octanol–water partition coefficient (Wildman–Crippen LogP) is 3.05. The van der Waals surface area contributed by atoms with E-state index in [2.05, 4.69) is 4.72 Å². The van der Waals surface area contributed by atoms with Gasteiger partial charge in [0.1, 0.15) is 0 Å². The van der Waals surface area contributed by atoms with Gasteiger partial charge < -0.3 is 9.64 Å². The third-order valence-electron chi connectivity index (χ3n) is 4.69. The summed E-state index contributed by atoms with van der Waals surface area (Å²) in [4.78, 5) is 26.4. The highest BCUT2D eigenvalue weighted by atomic mass is 32.2. The predicted molar refractivity (Wildman–Crippen MR) is 109 cm³/mol. The van der Waals surface area contributed by atoms with Gasteiger partial charge in [-0.25, -0.2) is 13.2 Å². The lowest BCUT2D eigenvalue weighted by atomic mass is 10.2. The van der Waals surface area contributed by atoms with Crippen LogP contribution in [0.5, 0.6) is 0 Å². The van der Waals surface area contributed by atoms with Crippen molar-refractivity contribution < 1.29 is 22.7 Å². The van der Waals surface area contributed by atoms with Crippen molar-refractivity contribution in [1.82, 2.24) is 4.90 Å². The second-order valence-corrected chi connectivity index (χ2v) is 8.55. The van der Waals surface area contributed by atoms with E-state index in [1.165, 1.54) is 24.3 Å². The first-order valence-corrected chi connectivity index (χ1v) is 11.1. The first-order chi connectivity index (χ1) is 14.0. The molecule has 0 aliphatic carbocycles. The number of rotatable bonds is 6. The van der Waals surface area contributed by atoms with Crippen LogP contribution in [0.3, 0.4) is 0 Å². The normalized spacial score (nSPS) is 14.7. The van der Waals surface area contributed by atoms with Crippen molar-refractivity contribution in [2.24, 2.45) is 0 Å². The summed E-state index contributed by atoms with van der Waals surface area (Å²) in [5, 5.41) is 0. The number of likely N-dealkylation sites (tertiary alicyclic amines) is 1. The summed E-state index contributed by atoms with van der Waals surface area (Å²) in [6, 6.07) is 13.9. The fraction of sp³-hybridized carbons (Fsp3) is 0.333. The van der Waals surface area contributed by atoms with Gasteiger partial charge in [-0.15, -0.1) is 0 Å². The van der Waals surface area contributed by atoms with Gasteiger partial charge in [0.2, 0.25) is 0 Å². The summed E-state index contributed by atoms with van der Waals surface area (Å²) >= 11 is 0. The van der Waals surface area contributed by atoms with Crippen LogP contribution in [0, 0.1) is 0 Å². The SMILES string of the molecule is O=C(OCC(=O)N1CCCCCC1)c1cccc(NS(=O)(=O)c2ccccc2)c1. The van der Waals surface area contributed by atoms with Crippen molar-refractivity contribution >= 4 is 27.6 Å². The molecule has 8 heteroatoms. The first-order valence-electron chi connectivity index (χ1n) is 9.58. The Morgan fingerprint density at radius 1 is 0.931 bits per heavy atom. The number of carbonyl (C=O) groups is 2. The summed E-state index contributed by atoms with van der Waals surface area (Å²) in [6.45, 7) is 1.05.